The average molecular weight is 185 g/mol. The van der Waals surface area contributed by atoms with Crippen LogP contribution in [0, 0.1) is 11.3 Å². The van der Waals surface area contributed by atoms with Crippen LogP contribution in [0.2, 0.25) is 0 Å². The SMILES string of the molecule is CCN(CC)C(C(C)C)C(C)(C)C. The van der Waals surface area contributed by atoms with Crippen LogP contribution >= 0.6 is 0 Å². The summed E-state index contributed by atoms with van der Waals surface area (Å²) in [5.74, 6) is 0.736. The largest absolute Gasteiger partial charge is 0.300 e. The second kappa shape index (κ2) is 4.99. The van der Waals surface area contributed by atoms with E-state index in [9.17, 15) is 0 Å². The first-order valence-corrected chi connectivity index (χ1v) is 5.58. The molecule has 0 saturated carbocycles. The van der Waals surface area contributed by atoms with Gasteiger partial charge in [0.25, 0.3) is 0 Å². The van der Waals surface area contributed by atoms with Crippen LogP contribution < -0.4 is 0 Å². The van der Waals surface area contributed by atoms with E-state index in [0.29, 0.717) is 11.5 Å². The van der Waals surface area contributed by atoms with Crippen LogP contribution in [0.1, 0.15) is 48.5 Å². The fourth-order valence-electron chi connectivity index (χ4n) is 2.59. The summed E-state index contributed by atoms with van der Waals surface area (Å²) >= 11 is 0. The topological polar surface area (TPSA) is 3.24 Å². The van der Waals surface area contributed by atoms with Crippen molar-refractivity contribution >= 4 is 0 Å². The van der Waals surface area contributed by atoms with Gasteiger partial charge in [-0.15, -0.1) is 0 Å². The Morgan fingerprint density at radius 1 is 1.00 bits per heavy atom. The van der Waals surface area contributed by atoms with Crippen LogP contribution in [0.15, 0.2) is 0 Å². The summed E-state index contributed by atoms with van der Waals surface area (Å²) in [7, 11) is 0. The van der Waals surface area contributed by atoms with Crippen molar-refractivity contribution in [2.24, 2.45) is 11.3 Å². The molecular weight excluding hydrogens is 158 g/mol. The third-order valence-corrected chi connectivity index (χ3v) is 2.72. The Hall–Kier alpha value is -0.0400. The van der Waals surface area contributed by atoms with E-state index in [2.05, 4.69) is 53.4 Å². The van der Waals surface area contributed by atoms with Gasteiger partial charge >= 0.3 is 0 Å². The minimum Gasteiger partial charge on any atom is -0.300 e. The summed E-state index contributed by atoms with van der Waals surface area (Å²) in [5.41, 5.74) is 0.389. The molecule has 0 aromatic carbocycles. The van der Waals surface area contributed by atoms with E-state index in [0.717, 1.165) is 19.0 Å². The molecule has 1 nitrogen and oxygen atoms in total. The smallest absolute Gasteiger partial charge is 0.0166 e. The van der Waals surface area contributed by atoms with E-state index in [1.807, 2.05) is 0 Å². The van der Waals surface area contributed by atoms with Gasteiger partial charge in [-0.2, -0.15) is 0 Å². The zero-order valence-electron chi connectivity index (χ0n) is 10.5. The molecule has 0 heterocycles. The Bertz CT molecular complexity index is 129. The van der Waals surface area contributed by atoms with Crippen molar-refractivity contribution in [2.45, 2.75) is 54.5 Å². The maximum Gasteiger partial charge on any atom is 0.0166 e. The zero-order chi connectivity index (χ0) is 10.6. The Morgan fingerprint density at radius 3 is 1.46 bits per heavy atom. The molecule has 0 aromatic heterocycles. The quantitative estimate of drug-likeness (QED) is 0.649. The molecule has 0 fully saturated rings. The molecule has 1 unspecified atom stereocenters. The molecule has 0 aliphatic rings. The normalized spacial score (nSPS) is 15.5. The summed E-state index contributed by atoms with van der Waals surface area (Å²) in [4.78, 5) is 2.57. The van der Waals surface area contributed by atoms with Crippen LogP contribution in [0.3, 0.4) is 0 Å². The molecule has 0 rings (SSSR count). The van der Waals surface area contributed by atoms with Crippen LogP contribution in [-0.2, 0) is 0 Å². The Balaban J connectivity index is 4.59. The lowest BCUT2D eigenvalue weighted by atomic mass is 9.79. The average Bonchev–Trinajstić information content (AvgIpc) is 1.96. The van der Waals surface area contributed by atoms with Crippen LogP contribution in [0.25, 0.3) is 0 Å². The van der Waals surface area contributed by atoms with Crippen LogP contribution in [-0.4, -0.2) is 24.0 Å². The van der Waals surface area contributed by atoms with Gasteiger partial charge < -0.3 is 4.90 Å². The first-order chi connectivity index (χ1) is 5.84. The molecule has 0 N–H and O–H groups in total. The van der Waals surface area contributed by atoms with Gasteiger partial charge in [-0.25, -0.2) is 0 Å². The first-order valence-electron chi connectivity index (χ1n) is 5.58. The minimum absolute atomic E-state index is 0.389. The molecule has 0 radical (unpaired) electrons. The minimum atomic E-state index is 0.389. The Morgan fingerprint density at radius 2 is 1.38 bits per heavy atom. The van der Waals surface area contributed by atoms with Gasteiger partial charge in [0.05, 0.1) is 0 Å². The molecule has 0 saturated heterocycles. The summed E-state index contributed by atoms with van der Waals surface area (Å²) in [6.45, 7) is 18.5. The van der Waals surface area contributed by atoms with Crippen molar-refractivity contribution in [2.75, 3.05) is 13.1 Å². The predicted molar refractivity (Wildman–Crippen MR) is 61.0 cm³/mol. The fraction of sp³-hybridized carbons (Fsp3) is 1.00. The molecule has 0 bridgehead atoms. The molecule has 0 amide bonds. The summed E-state index contributed by atoms with van der Waals surface area (Å²) in [6, 6.07) is 0.697. The summed E-state index contributed by atoms with van der Waals surface area (Å²) < 4.78 is 0. The Kier molecular flexibility index (Phi) is 4.98. The monoisotopic (exact) mass is 185 g/mol. The molecule has 0 aromatic rings. The van der Waals surface area contributed by atoms with Gasteiger partial charge in [-0.1, -0.05) is 48.5 Å². The van der Waals surface area contributed by atoms with E-state index < -0.39 is 0 Å². The predicted octanol–water partition coefficient (Wildman–Crippen LogP) is 3.40. The second-order valence-electron chi connectivity index (χ2n) is 5.28. The number of nitrogens with zero attached hydrogens (tertiary/aromatic N) is 1. The highest BCUT2D eigenvalue weighted by molar-refractivity contribution is 4.84. The second-order valence-corrected chi connectivity index (χ2v) is 5.28. The number of hydrogen-bond acceptors (Lipinski definition) is 1. The zero-order valence-corrected chi connectivity index (χ0v) is 10.5. The molecule has 0 aliphatic heterocycles. The van der Waals surface area contributed by atoms with Crippen molar-refractivity contribution < 1.29 is 0 Å². The molecule has 1 atom stereocenters. The van der Waals surface area contributed by atoms with E-state index in [1.165, 1.54) is 0 Å². The maximum absolute atomic E-state index is 2.57. The highest BCUT2D eigenvalue weighted by Crippen LogP contribution is 2.29. The van der Waals surface area contributed by atoms with E-state index >= 15 is 0 Å². The molecule has 1 heteroatoms. The lowest BCUT2D eigenvalue weighted by Crippen LogP contribution is -2.47. The third-order valence-electron chi connectivity index (χ3n) is 2.72. The van der Waals surface area contributed by atoms with Crippen molar-refractivity contribution in [1.29, 1.82) is 0 Å². The van der Waals surface area contributed by atoms with Crippen molar-refractivity contribution in [3.05, 3.63) is 0 Å². The molecule has 13 heavy (non-hydrogen) atoms. The fourth-order valence-corrected chi connectivity index (χ4v) is 2.59. The number of hydrogen-bond donors (Lipinski definition) is 0. The molecule has 0 spiro atoms. The maximum atomic E-state index is 2.57. The standard InChI is InChI=1S/C12H27N/c1-8-13(9-2)11(10(3)4)12(5,6)7/h10-11H,8-9H2,1-7H3. The number of rotatable bonds is 4. The highest BCUT2D eigenvalue weighted by Gasteiger charge is 2.30. The lowest BCUT2D eigenvalue weighted by Gasteiger charge is -2.42. The third kappa shape index (κ3) is 3.68. The van der Waals surface area contributed by atoms with Crippen LogP contribution in [0.4, 0.5) is 0 Å². The summed E-state index contributed by atoms with van der Waals surface area (Å²) in [5, 5.41) is 0. The van der Waals surface area contributed by atoms with Crippen molar-refractivity contribution in [1.82, 2.24) is 4.90 Å². The first kappa shape index (κ1) is 13.0. The van der Waals surface area contributed by atoms with Gasteiger partial charge in [0.15, 0.2) is 0 Å². The van der Waals surface area contributed by atoms with Crippen LogP contribution in [0.5, 0.6) is 0 Å². The van der Waals surface area contributed by atoms with E-state index in [-0.39, 0.29) is 0 Å². The highest BCUT2D eigenvalue weighted by atomic mass is 15.2. The van der Waals surface area contributed by atoms with E-state index in [4.69, 9.17) is 0 Å². The lowest BCUT2D eigenvalue weighted by molar-refractivity contribution is 0.0718. The van der Waals surface area contributed by atoms with Crippen molar-refractivity contribution in [3.8, 4) is 0 Å². The molecule has 80 valence electrons. The van der Waals surface area contributed by atoms with E-state index in [1.54, 1.807) is 0 Å². The Labute approximate surface area is 84.5 Å². The van der Waals surface area contributed by atoms with Gasteiger partial charge in [0, 0.05) is 6.04 Å². The van der Waals surface area contributed by atoms with Crippen molar-refractivity contribution in [3.63, 3.8) is 0 Å². The van der Waals surface area contributed by atoms with Gasteiger partial charge in [-0.05, 0) is 24.4 Å². The van der Waals surface area contributed by atoms with Gasteiger partial charge in [-0.3, -0.25) is 0 Å². The summed E-state index contributed by atoms with van der Waals surface area (Å²) in [6.07, 6.45) is 0. The van der Waals surface area contributed by atoms with Gasteiger partial charge in [0.1, 0.15) is 0 Å². The van der Waals surface area contributed by atoms with Gasteiger partial charge in [0.2, 0.25) is 0 Å². The molecule has 0 aliphatic carbocycles. The molecular formula is C12H27N.